The second-order valence-electron chi connectivity index (χ2n) is 7.75. The molecule has 1 aliphatic heterocycles. The van der Waals surface area contributed by atoms with Gasteiger partial charge in [0.2, 0.25) is 15.9 Å². The molecule has 2 aromatic rings. The van der Waals surface area contributed by atoms with Crippen LogP contribution in [0.4, 0.5) is 11.4 Å². The molecular formula is C23H31N3O5S. The summed E-state index contributed by atoms with van der Waals surface area (Å²) < 4.78 is 37.7. The predicted molar refractivity (Wildman–Crippen MR) is 126 cm³/mol. The normalized spacial score (nSPS) is 14.0. The van der Waals surface area contributed by atoms with Crippen LogP contribution in [-0.4, -0.2) is 53.9 Å². The first-order valence-electron chi connectivity index (χ1n) is 10.7. The fourth-order valence-electron chi connectivity index (χ4n) is 3.71. The quantitative estimate of drug-likeness (QED) is 0.565. The minimum atomic E-state index is -3.80. The van der Waals surface area contributed by atoms with Gasteiger partial charge in [-0.2, -0.15) is 0 Å². The van der Waals surface area contributed by atoms with Crippen molar-refractivity contribution in [3.8, 4) is 11.5 Å². The number of hydrogen-bond acceptors (Lipinski definition) is 6. The number of methoxy groups -OCH3 is 2. The van der Waals surface area contributed by atoms with Gasteiger partial charge in [0.25, 0.3) is 0 Å². The number of nitrogens with one attached hydrogen (secondary N) is 2. The molecule has 9 heteroatoms. The number of anilines is 2. The second-order valence-corrected chi connectivity index (χ2v) is 9.47. The number of sulfonamides is 1. The zero-order valence-electron chi connectivity index (χ0n) is 18.6. The van der Waals surface area contributed by atoms with Crippen molar-refractivity contribution < 1.29 is 22.7 Å². The highest BCUT2D eigenvalue weighted by molar-refractivity contribution is 7.93. The van der Waals surface area contributed by atoms with E-state index in [1.807, 2.05) is 24.3 Å². The van der Waals surface area contributed by atoms with Gasteiger partial charge in [0.15, 0.2) is 11.5 Å². The van der Waals surface area contributed by atoms with Crippen LogP contribution in [0.1, 0.15) is 24.8 Å². The van der Waals surface area contributed by atoms with Crippen molar-refractivity contribution in [2.75, 3.05) is 49.2 Å². The van der Waals surface area contributed by atoms with Crippen molar-refractivity contribution in [2.45, 2.75) is 25.7 Å². The number of benzene rings is 2. The van der Waals surface area contributed by atoms with E-state index in [0.717, 1.165) is 24.3 Å². The van der Waals surface area contributed by atoms with Crippen molar-refractivity contribution >= 4 is 27.3 Å². The van der Waals surface area contributed by atoms with Crippen molar-refractivity contribution in [3.05, 3.63) is 48.0 Å². The largest absolute Gasteiger partial charge is 0.493 e. The third kappa shape index (κ3) is 6.78. The summed E-state index contributed by atoms with van der Waals surface area (Å²) in [6.07, 6.45) is 4.15. The van der Waals surface area contributed by atoms with Gasteiger partial charge in [0.1, 0.15) is 5.75 Å². The van der Waals surface area contributed by atoms with Crippen LogP contribution in [0.15, 0.2) is 42.5 Å². The molecule has 0 spiro atoms. The highest BCUT2D eigenvalue weighted by atomic mass is 32.2. The number of ether oxygens (including phenoxy) is 2. The predicted octanol–water partition coefficient (Wildman–Crippen LogP) is 2.79. The molecule has 0 aromatic heterocycles. The molecule has 2 aromatic carbocycles. The summed E-state index contributed by atoms with van der Waals surface area (Å²) in [7, 11) is -0.676. The van der Waals surface area contributed by atoms with Crippen LogP contribution in [0.25, 0.3) is 0 Å². The Morgan fingerprint density at radius 3 is 2.31 bits per heavy atom. The number of carbonyl (C=O) groups is 1. The Labute approximate surface area is 190 Å². The standard InChI is InChI=1S/C23H31N3O5S/c1-30-21-11-6-18(16-22(21)31-2)12-13-24-23(27)17-32(28,29)25-19-7-9-20(10-8-19)26-14-4-3-5-15-26/h6-11,16,25H,3-5,12-15,17H2,1-2H3,(H,24,27). The van der Waals surface area contributed by atoms with E-state index < -0.39 is 21.7 Å². The molecular weight excluding hydrogens is 430 g/mol. The number of piperidine rings is 1. The maximum Gasteiger partial charge on any atom is 0.241 e. The average molecular weight is 462 g/mol. The van der Waals surface area contributed by atoms with Gasteiger partial charge in [-0.15, -0.1) is 0 Å². The smallest absolute Gasteiger partial charge is 0.241 e. The Morgan fingerprint density at radius 1 is 0.969 bits per heavy atom. The third-order valence-corrected chi connectivity index (χ3v) is 6.56. The molecule has 32 heavy (non-hydrogen) atoms. The van der Waals surface area contributed by atoms with E-state index in [-0.39, 0.29) is 0 Å². The summed E-state index contributed by atoms with van der Waals surface area (Å²) in [4.78, 5) is 14.4. The van der Waals surface area contributed by atoms with Gasteiger partial charge in [0.05, 0.1) is 14.2 Å². The highest BCUT2D eigenvalue weighted by Gasteiger charge is 2.17. The first-order chi connectivity index (χ1) is 15.4. The zero-order chi connectivity index (χ0) is 23.0. The Bertz CT molecular complexity index is 1000. The molecule has 0 unspecified atom stereocenters. The van der Waals surface area contributed by atoms with Crippen molar-refractivity contribution in [1.29, 1.82) is 0 Å². The molecule has 174 valence electrons. The first-order valence-corrected chi connectivity index (χ1v) is 12.4. The van der Waals surface area contributed by atoms with Gasteiger partial charge in [-0.1, -0.05) is 6.07 Å². The Hall–Kier alpha value is -2.94. The van der Waals surface area contributed by atoms with E-state index in [1.165, 1.54) is 19.3 Å². The van der Waals surface area contributed by atoms with E-state index in [4.69, 9.17) is 9.47 Å². The summed E-state index contributed by atoms with van der Waals surface area (Å²) in [5.41, 5.74) is 2.47. The Kier molecular flexibility index (Phi) is 8.21. The maximum absolute atomic E-state index is 12.4. The van der Waals surface area contributed by atoms with Crippen LogP contribution in [0, 0.1) is 0 Å². The van der Waals surface area contributed by atoms with E-state index in [0.29, 0.717) is 30.2 Å². The van der Waals surface area contributed by atoms with Crippen LogP contribution >= 0.6 is 0 Å². The molecule has 1 saturated heterocycles. The van der Waals surface area contributed by atoms with Crippen molar-refractivity contribution in [3.63, 3.8) is 0 Å². The van der Waals surface area contributed by atoms with Gasteiger partial charge in [-0.3, -0.25) is 9.52 Å². The monoisotopic (exact) mass is 461 g/mol. The fourth-order valence-corrected chi connectivity index (χ4v) is 4.73. The Balaban J connectivity index is 1.47. The first kappa shape index (κ1) is 23.7. The number of rotatable bonds is 10. The lowest BCUT2D eigenvalue weighted by Gasteiger charge is -2.28. The fraction of sp³-hybridized carbons (Fsp3) is 0.435. The van der Waals surface area contributed by atoms with Crippen molar-refractivity contribution in [1.82, 2.24) is 5.32 Å². The summed E-state index contributed by atoms with van der Waals surface area (Å²) in [5.74, 6) is 0.0473. The molecule has 1 heterocycles. The molecule has 8 nitrogen and oxygen atoms in total. The minimum absolute atomic E-state index is 0.314. The van der Waals surface area contributed by atoms with E-state index in [9.17, 15) is 13.2 Å². The van der Waals surface area contributed by atoms with Crippen LogP contribution < -0.4 is 24.4 Å². The molecule has 0 aliphatic carbocycles. The summed E-state index contributed by atoms with van der Waals surface area (Å²) in [5, 5.41) is 2.65. The minimum Gasteiger partial charge on any atom is -0.493 e. The van der Waals surface area contributed by atoms with Crippen LogP contribution in [0.2, 0.25) is 0 Å². The van der Waals surface area contributed by atoms with Gasteiger partial charge in [0, 0.05) is 31.0 Å². The topological polar surface area (TPSA) is 97.0 Å². The summed E-state index contributed by atoms with van der Waals surface area (Å²) in [6.45, 7) is 2.36. The molecule has 1 fully saturated rings. The Morgan fingerprint density at radius 2 is 1.66 bits per heavy atom. The molecule has 1 amide bonds. The van der Waals surface area contributed by atoms with Gasteiger partial charge in [-0.25, -0.2) is 8.42 Å². The molecule has 2 N–H and O–H groups in total. The lowest BCUT2D eigenvalue weighted by atomic mass is 10.1. The van der Waals surface area contributed by atoms with Crippen LogP contribution in [0.5, 0.6) is 11.5 Å². The molecule has 0 saturated carbocycles. The highest BCUT2D eigenvalue weighted by Crippen LogP contribution is 2.27. The van der Waals surface area contributed by atoms with E-state index in [2.05, 4.69) is 14.9 Å². The molecule has 0 atom stereocenters. The number of carbonyl (C=O) groups excluding carboxylic acids is 1. The maximum atomic E-state index is 12.4. The molecule has 1 aliphatic rings. The van der Waals surface area contributed by atoms with Gasteiger partial charge in [-0.05, 0) is 67.6 Å². The molecule has 0 bridgehead atoms. The van der Waals surface area contributed by atoms with E-state index >= 15 is 0 Å². The third-order valence-electron chi connectivity index (χ3n) is 5.37. The lowest BCUT2D eigenvalue weighted by Crippen LogP contribution is -2.34. The zero-order valence-corrected chi connectivity index (χ0v) is 19.4. The average Bonchev–Trinajstić information content (AvgIpc) is 2.79. The molecule has 3 rings (SSSR count). The number of hydrogen-bond donors (Lipinski definition) is 2. The lowest BCUT2D eigenvalue weighted by molar-refractivity contribution is -0.118. The number of nitrogens with zero attached hydrogens (tertiary/aromatic N) is 1. The van der Waals surface area contributed by atoms with Gasteiger partial charge >= 0.3 is 0 Å². The van der Waals surface area contributed by atoms with Crippen molar-refractivity contribution in [2.24, 2.45) is 0 Å². The SMILES string of the molecule is COc1ccc(CCNC(=O)CS(=O)(=O)Nc2ccc(N3CCCCC3)cc2)cc1OC. The van der Waals surface area contributed by atoms with Crippen LogP contribution in [-0.2, 0) is 21.2 Å². The van der Waals surface area contributed by atoms with Gasteiger partial charge < -0.3 is 19.7 Å². The number of amides is 1. The van der Waals surface area contributed by atoms with E-state index in [1.54, 1.807) is 32.4 Å². The second kappa shape index (κ2) is 11.1. The summed E-state index contributed by atoms with van der Waals surface area (Å²) in [6, 6.07) is 12.8. The van der Waals surface area contributed by atoms with Crippen LogP contribution in [0.3, 0.4) is 0 Å². The summed E-state index contributed by atoms with van der Waals surface area (Å²) >= 11 is 0. The molecule has 0 radical (unpaired) electrons.